The summed E-state index contributed by atoms with van der Waals surface area (Å²) in [5.74, 6) is -1.97. The number of rotatable bonds is 5. The Kier molecular flexibility index (Phi) is 4.55. The zero-order valence-corrected chi connectivity index (χ0v) is 16.9. The predicted octanol–water partition coefficient (Wildman–Crippen LogP) is 3.83. The predicted molar refractivity (Wildman–Crippen MR) is 114 cm³/mol. The molecule has 1 heterocycles. The number of nitrogens with one attached hydrogen (secondary N) is 2. The van der Waals surface area contributed by atoms with Crippen molar-refractivity contribution in [3.05, 3.63) is 64.8 Å². The summed E-state index contributed by atoms with van der Waals surface area (Å²) in [4.78, 5) is 26.0. The summed E-state index contributed by atoms with van der Waals surface area (Å²) in [5, 5.41) is 19.5. The molecule has 3 aromatic rings. The highest BCUT2D eigenvalue weighted by Crippen LogP contribution is 2.51. The number of nitrogens with zero attached hydrogens (tertiary/aromatic N) is 2. The molecule has 5 rings (SSSR count). The van der Waals surface area contributed by atoms with E-state index in [9.17, 15) is 14.9 Å². The molecule has 0 fully saturated rings. The molecule has 2 N–H and O–H groups in total. The van der Waals surface area contributed by atoms with Crippen LogP contribution in [-0.4, -0.2) is 29.0 Å². The third-order valence-electron chi connectivity index (χ3n) is 6.15. The number of aryl methyl sites for hydroxylation is 1. The van der Waals surface area contributed by atoms with E-state index < -0.39 is 17.6 Å². The molecule has 0 spiro atoms. The van der Waals surface area contributed by atoms with Crippen molar-refractivity contribution in [1.82, 2.24) is 10.2 Å². The number of anilines is 1. The smallest absolute Gasteiger partial charge is 0.249 e. The number of fused-ring (bicyclic) bond motifs is 3. The lowest BCUT2D eigenvalue weighted by atomic mass is 9.81. The number of aromatic amines is 1. The van der Waals surface area contributed by atoms with Gasteiger partial charge in [0, 0.05) is 22.7 Å². The number of carbonyl (C=O) groups excluding carboxylic acids is 2. The molecule has 154 valence electrons. The minimum Gasteiger partial charge on any atom is -0.497 e. The molecular formula is C24H20N4O3. The fourth-order valence-electron chi connectivity index (χ4n) is 4.73. The highest BCUT2D eigenvalue weighted by atomic mass is 16.5. The van der Waals surface area contributed by atoms with Crippen LogP contribution in [0.4, 0.5) is 5.69 Å². The molecule has 7 heteroatoms. The maximum absolute atomic E-state index is 13.3. The third kappa shape index (κ3) is 2.99. The van der Waals surface area contributed by atoms with Crippen LogP contribution < -0.4 is 10.1 Å². The Morgan fingerprint density at radius 3 is 2.77 bits per heavy atom. The average Bonchev–Trinajstić information content (AvgIpc) is 3.36. The third-order valence-corrected chi connectivity index (χ3v) is 6.15. The highest BCUT2D eigenvalue weighted by Gasteiger charge is 2.40. The molecule has 2 unspecified atom stereocenters. The van der Waals surface area contributed by atoms with Crippen LogP contribution in [0, 0.1) is 17.2 Å². The number of amides is 1. The first kappa shape index (κ1) is 19.1. The molecule has 0 saturated heterocycles. The number of benzene rings is 2. The number of ketones is 1. The van der Waals surface area contributed by atoms with Crippen LogP contribution in [0.15, 0.2) is 42.5 Å². The van der Waals surface area contributed by atoms with Crippen molar-refractivity contribution < 1.29 is 14.3 Å². The van der Waals surface area contributed by atoms with Gasteiger partial charge in [0.1, 0.15) is 11.4 Å². The van der Waals surface area contributed by atoms with E-state index in [4.69, 9.17) is 4.74 Å². The van der Waals surface area contributed by atoms with Gasteiger partial charge in [-0.05, 0) is 54.7 Å². The number of ether oxygens (including phenoxy) is 1. The largest absolute Gasteiger partial charge is 0.497 e. The highest BCUT2D eigenvalue weighted by molar-refractivity contribution is 6.16. The number of methoxy groups -OCH3 is 1. The molecule has 2 aliphatic carbocycles. The van der Waals surface area contributed by atoms with Crippen LogP contribution >= 0.6 is 0 Å². The molecule has 31 heavy (non-hydrogen) atoms. The van der Waals surface area contributed by atoms with E-state index in [2.05, 4.69) is 21.6 Å². The van der Waals surface area contributed by atoms with Crippen LogP contribution in [-0.2, 0) is 11.2 Å². The Morgan fingerprint density at radius 2 is 2.03 bits per heavy atom. The van der Waals surface area contributed by atoms with E-state index in [1.165, 1.54) is 11.1 Å². The molecule has 2 aromatic carbocycles. The second kappa shape index (κ2) is 7.40. The maximum Gasteiger partial charge on any atom is 0.249 e. The summed E-state index contributed by atoms with van der Waals surface area (Å²) < 4.78 is 5.10. The molecule has 0 bridgehead atoms. The summed E-state index contributed by atoms with van der Waals surface area (Å²) in [6.07, 6.45) is 2.97. The van der Waals surface area contributed by atoms with E-state index in [0.717, 1.165) is 36.1 Å². The van der Waals surface area contributed by atoms with Crippen LogP contribution in [0.2, 0.25) is 0 Å². The van der Waals surface area contributed by atoms with Gasteiger partial charge in [0.2, 0.25) is 11.7 Å². The number of carbonyl (C=O) groups is 2. The lowest BCUT2D eigenvalue weighted by Gasteiger charge is -2.22. The normalized spacial score (nSPS) is 16.6. The second-order valence-corrected chi connectivity index (χ2v) is 7.83. The molecule has 1 amide bonds. The minimum absolute atomic E-state index is 0.0802. The number of nitriles is 1. The second-order valence-electron chi connectivity index (χ2n) is 7.83. The molecule has 0 radical (unpaired) electrons. The number of H-pyrrole nitrogens is 1. The van der Waals surface area contributed by atoms with Crippen LogP contribution in [0.1, 0.15) is 45.9 Å². The Labute approximate surface area is 179 Å². The van der Waals surface area contributed by atoms with Crippen LogP contribution in [0.3, 0.4) is 0 Å². The van der Waals surface area contributed by atoms with Crippen molar-refractivity contribution in [3.63, 3.8) is 0 Å². The van der Waals surface area contributed by atoms with Gasteiger partial charge in [-0.2, -0.15) is 10.4 Å². The van der Waals surface area contributed by atoms with Gasteiger partial charge in [-0.1, -0.05) is 18.2 Å². The van der Waals surface area contributed by atoms with Crippen LogP contribution in [0.25, 0.3) is 11.3 Å². The molecule has 0 aliphatic heterocycles. The van der Waals surface area contributed by atoms with Crippen molar-refractivity contribution in [2.24, 2.45) is 5.92 Å². The number of aromatic nitrogens is 2. The monoisotopic (exact) mass is 412 g/mol. The number of hydrogen-bond donors (Lipinski definition) is 2. The van der Waals surface area contributed by atoms with Gasteiger partial charge in [-0.15, -0.1) is 0 Å². The molecule has 7 nitrogen and oxygen atoms in total. The van der Waals surface area contributed by atoms with Gasteiger partial charge >= 0.3 is 0 Å². The Bertz CT molecular complexity index is 1240. The first-order valence-corrected chi connectivity index (χ1v) is 10.2. The summed E-state index contributed by atoms with van der Waals surface area (Å²) in [6.45, 7) is 0. The van der Waals surface area contributed by atoms with E-state index in [0.29, 0.717) is 11.4 Å². The first-order chi connectivity index (χ1) is 15.1. The van der Waals surface area contributed by atoms with Gasteiger partial charge in [-0.3, -0.25) is 14.7 Å². The summed E-state index contributed by atoms with van der Waals surface area (Å²) in [5.41, 5.74) is 5.91. The molecule has 1 aromatic heterocycles. The fourth-order valence-corrected chi connectivity index (χ4v) is 4.73. The van der Waals surface area contributed by atoms with Gasteiger partial charge in [0.25, 0.3) is 0 Å². The standard InChI is InChI=1S/C24H20N4O3/c1-31-15-10-8-14(9-11-15)26-24(30)18(12-25)23(29)22-20-16-6-2-4-13-5-3-7-17(19(13)16)21(20)27-28-22/h3,5,7-11,16,18H,2,4,6H2,1H3,(H,26,30)(H,27,28). The summed E-state index contributed by atoms with van der Waals surface area (Å²) in [7, 11) is 1.55. The molecular weight excluding hydrogens is 392 g/mol. The van der Waals surface area contributed by atoms with Crippen molar-refractivity contribution in [1.29, 1.82) is 5.26 Å². The zero-order chi connectivity index (χ0) is 21.5. The maximum atomic E-state index is 13.3. The zero-order valence-electron chi connectivity index (χ0n) is 16.9. The molecule has 2 aliphatic rings. The Hall–Kier alpha value is -3.92. The van der Waals surface area contributed by atoms with Gasteiger partial charge in [0.15, 0.2) is 5.92 Å². The van der Waals surface area contributed by atoms with Gasteiger partial charge in [-0.25, -0.2) is 0 Å². The lowest BCUT2D eigenvalue weighted by Crippen LogP contribution is -2.29. The van der Waals surface area contributed by atoms with Crippen molar-refractivity contribution in [2.45, 2.75) is 25.2 Å². The molecule has 2 atom stereocenters. The SMILES string of the molecule is COc1ccc(NC(=O)C(C#N)C(=O)c2[nH]nc3c2C2CCCc4cccc-3c42)cc1. The lowest BCUT2D eigenvalue weighted by molar-refractivity contribution is -0.117. The van der Waals surface area contributed by atoms with E-state index >= 15 is 0 Å². The van der Waals surface area contributed by atoms with Crippen molar-refractivity contribution >= 4 is 17.4 Å². The topological polar surface area (TPSA) is 108 Å². The summed E-state index contributed by atoms with van der Waals surface area (Å²) in [6, 6.07) is 14.7. The van der Waals surface area contributed by atoms with Gasteiger partial charge in [0.05, 0.1) is 18.9 Å². The van der Waals surface area contributed by atoms with E-state index in [1.54, 1.807) is 31.4 Å². The fraction of sp³-hybridized carbons (Fsp3) is 0.250. The average molecular weight is 412 g/mol. The van der Waals surface area contributed by atoms with Gasteiger partial charge < -0.3 is 10.1 Å². The van der Waals surface area contributed by atoms with Crippen molar-refractivity contribution in [3.8, 4) is 23.1 Å². The Balaban J connectivity index is 1.44. The molecule has 0 saturated carbocycles. The first-order valence-electron chi connectivity index (χ1n) is 10.2. The Morgan fingerprint density at radius 1 is 1.23 bits per heavy atom. The van der Waals surface area contributed by atoms with E-state index in [1.807, 2.05) is 18.2 Å². The minimum atomic E-state index is -1.47. The number of Topliss-reactive ketones (excluding diaryl/α,β-unsaturated/α-hetero) is 1. The summed E-state index contributed by atoms with van der Waals surface area (Å²) >= 11 is 0. The number of hydrogen-bond acceptors (Lipinski definition) is 5. The van der Waals surface area contributed by atoms with Crippen LogP contribution in [0.5, 0.6) is 5.75 Å². The van der Waals surface area contributed by atoms with Crippen molar-refractivity contribution in [2.75, 3.05) is 12.4 Å². The van der Waals surface area contributed by atoms with E-state index in [-0.39, 0.29) is 11.6 Å². The quantitative estimate of drug-likeness (QED) is 0.489.